The molecule has 0 aliphatic heterocycles. The molecular formula is C19H21N5O3. The first-order valence-corrected chi connectivity index (χ1v) is 8.41. The van der Waals surface area contributed by atoms with E-state index in [0.717, 1.165) is 11.3 Å². The zero-order valence-corrected chi connectivity index (χ0v) is 15.7. The van der Waals surface area contributed by atoms with Crippen molar-refractivity contribution < 1.29 is 14.3 Å². The van der Waals surface area contributed by atoms with Crippen LogP contribution in [0.5, 0.6) is 0 Å². The van der Waals surface area contributed by atoms with Crippen molar-refractivity contribution in [3.05, 3.63) is 64.7 Å². The molecule has 0 unspecified atom stereocenters. The lowest BCUT2D eigenvalue weighted by Crippen LogP contribution is -2.13. The van der Waals surface area contributed by atoms with E-state index in [1.165, 1.54) is 7.11 Å². The van der Waals surface area contributed by atoms with Crippen molar-refractivity contribution in [2.75, 3.05) is 12.4 Å². The number of methoxy groups -OCH3 is 1. The van der Waals surface area contributed by atoms with Crippen molar-refractivity contribution in [2.24, 2.45) is 7.05 Å². The molecule has 0 radical (unpaired) electrons. The van der Waals surface area contributed by atoms with E-state index < -0.39 is 5.97 Å². The van der Waals surface area contributed by atoms with Gasteiger partial charge in [0.15, 0.2) is 0 Å². The van der Waals surface area contributed by atoms with E-state index in [4.69, 9.17) is 4.74 Å². The van der Waals surface area contributed by atoms with Crippen LogP contribution >= 0.6 is 0 Å². The predicted molar refractivity (Wildman–Crippen MR) is 99.7 cm³/mol. The van der Waals surface area contributed by atoms with Crippen molar-refractivity contribution in [1.82, 2.24) is 19.6 Å². The van der Waals surface area contributed by atoms with Gasteiger partial charge in [0, 0.05) is 18.9 Å². The van der Waals surface area contributed by atoms with E-state index in [2.05, 4.69) is 15.5 Å². The number of hydrogen-bond acceptors (Lipinski definition) is 5. The number of nitrogens with one attached hydrogen (secondary N) is 1. The molecule has 1 amide bonds. The van der Waals surface area contributed by atoms with Crippen molar-refractivity contribution in [3.8, 4) is 0 Å². The first-order chi connectivity index (χ1) is 12.9. The molecule has 2 aromatic heterocycles. The molecule has 27 heavy (non-hydrogen) atoms. The van der Waals surface area contributed by atoms with Crippen molar-refractivity contribution in [1.29, 1.82) is 0 Å². The monoisotopic (exact) mass is 367 g/mol. The van der Waals surface area contributed by atoms with Gasteiger partial charge in [0.05, 0.1) is 42.4 Å². The summed E-state index contributed by atoms with van der Waals surface area (Å²) in [5, 5.41) is 11.4. The van der Waals surface area contributed by atoms with Crippen LogP contribution in [0.25, 0.3) is 0 Å². The fraction of sp³-hybridized carbons (Fsp3) is 0.263. The highest BCUT2D eigenvalue weighted by Crippen LogP contribution is 2.16. The first-order valence-electron chi connectivity index (χ1n) is 8.41. The molecule has 0 bridgehead atoms. The number of amides is 1. The second-order valence-corrected chi connectivity index (χ2v) is 6.20. The number of benzene rings is 1. The predicted octanol–water partition coefficient (Wildman–Crippen LogP) is 2.32. The number of hydrogen-bond donors (Lipinski definition) is 1. The Bertz CT molecular complexity index is 1000. The first kappa shape index (κ1) is 18.4. The van der Waals surface area contributed by atoms with Gasteiger partial charge in [-0.25, -0.2) is 4.79 Å². The van der Waals surface area contributed by atoms with Crippen LogP contribution in [0.1, 0.15) is 37.7 Å². The number of nitrogens with zero attached hydrogens (tertiary/aromatic N) is 4. The molecule has 0 saturated heterocycles. The summed E-state index contributed by atoms with van der Waals surface area (Å²) in [5.74, 6) is -0.624. The van der Waals surface area contributed by atoms with Crippen LogP contribution < -0.4 is 5.32 Å². The summed E-state index contributed by atoms with van der Waals surface area (Å²) >= 11 is 0. The molecule has 0 fully saturated rings. The van der Waals surface area contributed by atoms with E-state index in [-0.39, 0.29) is 5.91 Å². The minimum atomic E-state index is -0.395. The lowest BCUT2D eigenvalue weighted by atomic mass is 10.1. The van der Waals surface area contributed by atoms with Crippen LogP contribution in [0.4, 0.5) is 5.69 Å². The summed E-state index contributed by atoms with van der Waals surface area (Å²) in [6.45, 7) is 4.03. The molecule has 3 rings (SSSR count). The van der Waals surface area contributed by atoms with Crippen molar-refractivity contribution >= 4 is 17.6 Å². The topological polar surface area (TPSA) is 91.0 Å². The fourth-order valence-corrected chi connectivity index (χ4v) is 2.95. The maximum Gasteiger partial charge on any atom is 0.338 e. The molecule has 0 spiro atoms. The third-order valence-electron chi connectivity index (χ3n) is 4.38. The van der Waals surface area contributed by atoms with Crippen LogP contribution in [0.15, 0.2) is 36.7 Å². The number of aromatic nitrogens is 4. The van der Waals surface area contributed by atoms with Crippen LogP contribution in [0.3, 0.4) is 0 Å². The van der Waals surface area contributed by atoms with E-state index in [1.807, 2.05) is 19.1 Å². The Balaban J connectivity index is 1.76. The van der Waals surface area contributed by atoms with Gasteiger partial charge in [0.1, 0.15) is 0 Å². The Morgan fingerprint density at radius 1 is 1.22 bits per heavy atom. The molecule has 0 aliphatic rings. The van der Waals surface area contributed by atoms with E-state index in [9.17, 15) is 9.59 Å². The number of ether oxygens (including phenoxy) is 1. The number of carbonyl (C=O) groups is 2. The Labute approximate surface area is 156 Å². The molecule has 140 valence electrons. The van der Waals surface area contributed by atoms with Gasteiger partial charge >= 0.3 is 5.97 Å². The Morgan fingerprint density at radius 3 is 2.63 bits per heavy atom. The average Bonchev–Trinajstić information content (AvgIpc) is 3.18. The zero-order valence-electron chi connectivity index (χ0n) is 15.7. The maximum atomic E-state index is 12.6. The van der Waals surface area contributed by atoms with Gasteiger partial charge < -0.3 is 10.1 Å². The minimum Gasteiger partial charge on any atom is -0.465 e. The Morgan fingerprint density at radius 2 is 1.96 bits per heavy atom. The number of rotatable bonds is 5. The van der Waals surface area contributed by atoms with Crippen LogP contribution in [0.2, 0.25) is 0 Å². The third-order valence-corrected chi connectivity index (χ3v) is 4.38. The van der Waals surface area contributed by atoms with Crippen LogP contribution in [-0.4, -0.2) is 38.5 Å². The lowest BCUT2D eigenvalue weighted by Gasteiger charge is -2.07. The fourth-order valence-electron chi connectivity index (χ4n) is 2.95. The average molecular weight is 367 g/mol. The van der Waals surface area contributed by atoms with Gasteiger partial charge in [0.25, 0.3) is 5.91 Å². The van der Waals surface area contributed by atoms with Gasteiger partial charge in [-0.15, -0.1) is 0 Å². The number of esters is 1. The molecule has 1 N–H and O–H groups in total. The highest BCUT2D eigenvalue weighted by molar-refractivity contribution is 6.05. The molecule has 8 heteroatoms. The zero-order chi connectivity index (χ0) is 19.6. The quantitative estimate of drug-likeness (QED) is 0.699. The smallest absolute Gasteiger partial charge is 0.338 e. The molecule has 0 atom stereocenters. The van der Waals surface area contributed by atoms with Gasteiger partial charge in [-0.2, -0.15) is 10.2 Å². The van der Waals surface area contributed by atoms with Gasteiger partial charge in [0.2, 0.25) is 0 Å². The second kappa shape index (κ2) is 7.45. The number of aryl methyl sites for hydroxylation is 2. The highest BCUT2D eigenvalue weighted by Gasteiger charge is 2.18. The summed E-state index contributed by atoms with van der Waals surface area (Å²) in [6, 6.07) is 7.18. The minimum absolute atomic E-state index is 0.229. The molecular weight excluding hydrogens is 346 g/mol. The highest BCUT2D eigenvalue weighted by atomic mass is 16.5. The lowest BCUT2D eigenvalue weighted by molar-refractivity contribution is 0.0599. The van der Waals surface area contributed by atoms with Crippen LogP contribution in [-0.2, 0) is 18.3 Å². The molecule has 0 aliphatic carbocycles. The summed E-state index contributed by atoms with van der Waals surface area (Å²) in [4.78, 5) is 24.4. The molecule has 1 aromatic carbocycles. The van der Waals surface area contributed by atoms with Crippen molar-refractivity contribution in [3.63, 3.8) is 0 Å². The number of anilines is 1. The van der Waals surface area contributed by atoms with Gasteiger partial charge in [-0.05, 0) is 25.5 Å². The van der Waals surface area contributed by atoms with Crippen LogP contribution in [0, 0.1) is 13.8 Å². The van der Waals surface area contributed by atoms with E-state index in [0.29, 0.717) is 29.1 Å². The van der Waals surface area contributed by atoms with Gasteiger partial charge in [-0.1, -0.05) is 18.2 Å². The van der Waals surface area contributed by atoms with E-state index in [1.54, 1.807) is 47.9 Å². The number of carbonyl (C=O) groups excluding carboxylic acids is 2. The Kier molecular flexibility index (Phi) is 5.07. The third kappa shape index (κ3) is 3.74. The summed E-state index contributed by atoms with van der Waals surface area (Å²) in [5.41, 5.74) is 3.86. The Hall–Kier alpha value is -3.42. The van der Waals surface area contributed by atoms with E-state index >= 15 is 0 Å². The summed E-state index contributed by atoms with van der Waals surface area (Å²) in [6.07, 6.45) is 3.28. The molecule has 0 saturated carbocycles. The van der Waals surface area contributed by atoms with Crippen molar-refractivity contribution in [2.45, 2.75) is 20.4 Å². The molecule has 2 heterocycles. The standard InChI is InChI=1S/C19H21N5O3/c1-12-17(13(2)23(3)22-12)18(25)21-15-9-20-24(11-15)10-14-7-5-6-8-16(14)19(26)27-4/h5-9,11H,10H2,1-4H3,(H,21,25). The maximum absolute atomic E-state index is 12.6. The summed E-state index contributed by atoms with van der Waals surface area (Å²) < 4.78 is 8.14. The largest absolute Gasteiger partial charge is 0.465 e. The molecule has 3 aromatic rings. The molecule has 8 nitrogen and oxygen atoms in total. The van der Waals surface area contributed by atoms with Gasteiger partial charge in [-0.3, -0.25) is 14.2 Å². The SMILES string of the molecule is COC(=O)c1ccccc1Cn1cc(NC(=O)c2c(C)nn(C)c2C)cn1. The second-order valence-electron chi connectivity index (χ2n) is 6.20. The normalized spacial score (nSPS) is 10.7. The summed E-state index contributed by atoms with van der Waals surface area (Å²) in [7, 11) is 3.15.